The number of unbranched alkanes of at least 4 members (excludes halogenated alkanes) is 8. The molecule has 166 valence electrons. The Bertz CT molecular complexity index is 668. The van der Waals surface area contributed by atoms with Crippen molar-refractivity contribution in [3.8, 4) is 17.0 Å². The van der Waals surface area contributed by atoms with Crippen molar-refractivity contribution in [3.63, 3.8) is 0 Å². The molecule has 0 spiro atoms. The van der Waals surface area contributed by atoms with Crippen molar-refractivity contribution in [3.05, 3.63) is 48.2 Å². The van der Waals surface area contributed by atoms with Gasteiger partial charge in [0.1, 0.15) is 18.5 Å². The number of nitrogens with zero attached hydrogens (tertiary/aromatic N) is 1. The summed E-state index contributed by atoms with van der Waals surface area (Å²) >= 11 is 0. The Morgan fingerprint density at radius 3 is 2.13 bits per heavy atom. The summed E-state index contributed by atoms with van der Waals surface area (Å²) < 4.78 is 19.6. The van der Waals surface area contributed by atoms with E-state index >= 15 is 0 Å². The second-order valence-corrected chi connectivity index (χ2v) is 8.35. The zero-order valence-electron chi connectivity index (χ0n) is 19.0. The summed E-state index contributed by atoms with van der Waals surface area (Å²) in [6.07, 6.45) is 14.8. The van der Waals surface area contributed by atoms with Crippen molar-refractivity contribution in [1.82, 2.24) is 4.98 Å². The molecule has 0 fully saturated rings. The van der Waals surface area contributed by atoms with Gasteiger partial charge in [0.15, 0.2) is 0 Å². The number of hydrogen-bond acceptors (Lipinski definition) is 2. The fourth-order valence-corrected chi connectivity index (χ4v) is 3.65. The first-order chi connectivity index (χ1) is 14.7. The van der Waals surface area contributed by atoms with Crippen LogP contribution in [-0.4, -0.2) is 17.8 Å². The smallest absolute Gasteiger partial charge is 0.137 e. The maximum atomic E-state index is 14.0. The van der Waals surface area contributed by atoms with E-state index in [1.54, 1.807) is 6.20 Å². The van der Waals surface area contributed by atoms with Crippen molar-refractivity contribution < 1.29 is 9.13 Å². The van der Waals surface area contributed by atoms with E-state index in [-0.39, 0.29) is 6.61 Å². The predicted molar refractivity (Wildman–Crippen MR) is 126 cm³/mol. The first-order valence-corrected chi connectivity index (χ1v) is 12.0. The average Bonchev–Trinajstić information content (AvgIpc) is 2.78. The van der Waals surface area contributed by atoms with Crippen LogP contribution in [0.2, 0.25) is 0 Å². The minimum Gasteiger partial charge on any atom is -0.489 e. The highest BCUT2D eigenvalue weighted by Crippen LogP contribution is 2.21. The van der Waals surface area contributed by atoms with Gasteiger partial charge in [0, 0.05) is 5.56 Å². The van der Waals surface area contributed by atoms with Crippen LogP contribution in [0.4, 0.5) is 4.39 Å². The van der Waals surface area contributed by atoms with Crippen molar-refractivity contribution >= 4 is 0 Å². The molecule has 1 aromatic carbocycles. The number of rotatable bonds is 16. The van der Waals surface area contributed by atoms with E-state index in [1.165, 1.54) is 56.9 Å². The average molecular weight is 414 g/mol. The first-order valence-electron chi connectivity index (χ1n) is 12.0. The number of halogens is 1. The normalized spacial score (nSPS) is 12.1. The molecule has 0 bridgehead atoms. The SMILES string of the molecule is CCCCCCCCC(F)COc1ccc(-c2ccc(CCCCCC)cc2)nc1. The molecule has 0 saturated carbocycles. The van der Waals surface area contributed by atoms with Gasteiger partial charge in [-0.15, -0.1) is 0 Å². The summed E-state index contributed by atoms with van der Waals surface area (Å²) in [5.74, 6) is 0.636. The lowest BCUT2D eigenvalue weighted by atomic mass is 10.0. The van der Waals surface area contributed by atoms with Crippen LogP contribution < -0.4 is 4.74 Å². The van der Waals surface area contributed by atoms with Gasteiger partial charge in [-0.05, 0) is 37.0 Å². The second-order valence-electron chi connectivity index (χ2n) is 8.35. The minimum absolute atomic E-state index is 0.114. The van der Waals surface area contributed by atoms with Crippen molar-refractivity contribution in [2.75, 3.05) is 6.61 Å². The van der Waals surface area contributed by atoms with E-state index in [2.05, 4.69) is 43.1 Å². The molecule has 0 aliphatic heterocycles. The van der Waals surface area contributed by atoms with Crippen molar-refractivity contribution in [1.29, 1.82) is 0 Å². The number of ether oxygens (including phenoxy) is 1. The molecule has 0 aliphatic carbocycles. The van der Waals surface area contributed by atoms with Gasteiger partial charge in [0.25, 0.3) is 0 Å². The van der Waals surface area contributed by atoms with E-state index in [4.69, 9.17) is 4.74 Å². The third-order valence-corrected chi connectivity index (χ3v) is 5.61. The van der Waals surface area contributed by atoms with Crippen molar-refractivity contribution in [2.24, 2.45) is 0 Å². The van der Waals surface area contributed by atoms with Gasteiger partial charge in [0.05, 0.1) is 11.9 Å². The molecule has 2 nitrogen and oxygen atoms in total. The summed E-state index contributed by atoms with van der Waals surface area (Å²) in [4.78, 5) is 4.50. The molecule has 0 aliphatic rings. The lowest BCUT2D eigenvalue weighted by Crippen LogP contribution is -2.12. The standard InChI is InChI=1S/C27H40FNO/c1-3-5-7-9-10-12-14-25(28)22-30-26-19-20-27(29-21-26)24-17-15-23(16-18-24)13-11-8-6-4-2/h15-21,25H,3-14,22H2,1-2H3. The molecule has 1 aromatic heterocycles. The minimum atomic E-state index is -0.902. The fourth-order valence-electron chi connectivity index (χ4n) is 3.65. The fraction of sp³-hybridized carbons (Fsp3) is 0.593. The second kappa shape index (κ2) is 15.0. The van der Waals surface area contributed by atoms with E-state index in [0.29, 0.717) is 12.2 Å². The van der Waals surface area contributed by atoms with Gasteiger partial charge in [-0.1, -0.05) is 95.9 Å². The molecule has 2 rings (SSSR count). The van der Waals surface area contributed by atoms with Crippen LogP contribution in [0.5, 0.6) is 5.75 Å². The van der Waals surface area contributed by atoms with Crippen LogP contribution in [0.25, 0.3) is 11.3 Å². The van der Waals surface area contributed by atoms with Crippen LogP contribution in [0.1, 0.15) is 90.0 Å². The number of benzene rings is 1. The van der Waals surface area contributed by atoms with Gasteiger partial charge in [-0.25, -0.2) is 4.39 Å². The lowest BCUT2D eigenvalue weighted by molar-refractivity contribution is 0.183. The number of hydrogen-bond donors (Lipinski definition) is 0. The molecule has 30 heavy (non-hydrogen) atoms. The van der Waals surface area contributed by atoms with Gasteiger partial charge in [-0.2, -0.15) is 0 Å². The molecular formula is C27H40FNO. The lowest BCUT2D eigenvalue weighted by Gasteiger charge is -2.11. The third-order valence-electron chi connectivity index (χ3n) is 5.61. The van der Waals surface area contributed by atoms with Crippen LogP contribution >= 0.6 is 0 Å². The third kappa shape index (κ3) is 9.73. The molecule has 0 radical (unpaired) electrons. The Morgan fingerprint density at radius 2 is 1.47 bits per heavy atom. The monoisotopic (exact) mass is 413 g/mol. The Hall–Kier alpha value is -1.90. The van der Waals surface area contributed by atoms with E-state index in [0.717, 1.165) is 30.5 Å². The van der Waals surface area contributed by atoms with Crippen LogP contribution in [0, 0.1) is 0 Å². The molecule has 1 heterocycles. The van der Waals surface area contributed by atoms with Gasteiger partial charge >= 0.3 is 0 Å². The molecule has 0 amide bonds. The Kier molecular flexibility index (Phi) is 12.2. The number of alkyl halides is 1. The van der Waals surface area contributed by atoms with E-state index < -0.39 is 6.17 Å². The molecule has 0 N–H and O–H groups in total. The van der Waals surface area contributed by atoms with E-state index in [1.807, 2.05) is 12.1 Å². The van der Waals surface area contributed by atoms with E-state index in [9.17, 15) is 4.39 Å². The quantitative estimate of drug-likeness (QED) is 0.258. The highest BCUT2D eigenvalue weighted by molar-refractivity contribution is 5.59. The van der Waals surface area contributed by atoms with Crippen LogP contribution in [-0.2, 0) is 6.42 Å². The molecule has 3 heteroatoms. The highest BCUT2D eigenvalue weighted by Gasteiger charge is 2.08. The number of pyridine rings is 1. The zero-order valence-corrected chi connectivity index (χ0v) is 19.0. The first kappa shape index (κ1) is 24.4. The number of aryl methyl sites for hydroxylation is 1. The topological polar surface area (TPSA) is 22.1 Å². The Morgan fingerprint density at radius 1 is 0.800 bits per heavy atom. The summed E-state index contributed by atoms with van der Waals surface area (Å²) in [5, 5.41) is 0. The summed E-state index contributed by atoms with van der Waals surface area (Å²) in [7, 11) is 0. The zero-order chi connectivity index (χ0) is 21.4. The summed E-state index contributed by atoms with van der Waals surface area (Å²) in [6.45, 7) is 4.57. The maximum absolute atomic E-state index is 14.0. The van der Waals surface area contributed by atoms with Crippen molar-refractivity contribution in [2.45, 2.75) is 97.1 Å². The molecule has 0 saturated heterocycles. The summed E-state index contributed by atoms with van der Waals surface area (Å²) in [5.41, 5.74) is 3.41. The van der Waals surface area contributed by atoms with Gasteiger partial charge in [0.2, 0.25) is 0 Å². The van der Waals surface area contributed by atoms with Gasteiger partial charge < -0.3 is 4.74 Å². The maximum Gasteiger partial charge on any atom is 0.137 e. The molecule has 1 atom stereocenters. The Balaban J connectivity index is 1.70. The highest BCUT2D eigenvalue weighted by atomic mass is 19.1. The largest absolute Gasteiger partial charge is 0.489 e. The molecular weight excluding hydrogens is 373 g/mol. The summed E-state index contributed by atoms with van der Waals surface area (Å²) in [6, 6.07) is 12.5. The van der Waals surface area contributed by atoms with Crippen LogP contribution in [0.3, 0.4) is 0 Å². The van der Waals surface area contributed by atoms with Crippen LogP contribution in [0.15, 0.2) is 42.6 Å². The van der Waals surface area contributed by atoms with Gasteiger partial charge in [-0.3, -0.25) is 4.98 Å². The predicted octanol–water partition coefficient (Wildman–Crippen LogP) is 8.34. The molecule has 2 aromatic rings. The molecule has 1 unspecified atom stereocenters. The Labute approximate surface area is 183 Å². The number of aromatic nitrogens is 1.